The second-order valence-electron chi connectivity index (χ2n) is 7.51. The minimum atomic E-state index is -0.299. The van der Waals surface area contributed by atoms with Gasteiger partial charge in [-0.2, -0.15) is 0 Å². The van der Waals surface area contributed by atoms with Crippen molar-refractivity contribution in [1.29, 1.82) is 0 Å². The molecule has 1 aromatic heterocycles. The van der Waals surface area contributed by atoms with Gasteiger partial charge in [0.1, 0.15) is 0 Å². The molecule has 1 amide bonds. The Kier molecular flexibility index (Phi) is 5.63. The van der Waals surface area contributed by atoms with Crippen molar-refractivity contribution in [2.75, 3.05) is 24.1 Å². The second-order valence-corrected chi connectivity index (χ2v) is 7.51. The zero-order valence-corrected chi connectivity index (χ0v) is 16.9. The monoisotopic (exact) mass is 403 g/mol. The number of amides is 1. The third kappa shape index (κ3) is 4.26. The molecule has 7 heteroatoms. The van der Waals surface area contributed by atoms with E-state index in [1.165, 1.54) is 0 Å². The molecule has 30 heavy (non-hydrogen) atoms. The topological polar surface area (TPSA) is 104 Å². The van der Waals surface area contributed by atoms with Crippen LogP contribution in [0.4, 0.5) is 17.3 Å². The number of likely N-dealkylation sites (tertiary alicyclic amines) is 1. The highest BCUT2D eigenvalue weighted by molar-refractivity contribution is 5.94. The van der Waals surface area contributed by atoms with Crippen LogP contribution in [0.15, 0.2) is 54.7 Å². The third-order valence-corrected chi connectivity index (χ3v) is 5.45. The molecule has 3 aromatic rings. The number of rotatable bonds is 4. The lowest BCUT2D eigenvalue weighted by atomic mass is 10.0. The molecule has 0 saturated carbocycles. The fourth-order valence-corrected chi connectivity index (χ4v) is 3.58. The summed E-state index contributed by atoms with van der Waals surface area (Å²) in [6.45, 7) is 3.15. The molecule has 1 fully saturated rings. The predicted molar refractivity (Wildman–Crippen MR) is 117 cm³/mol. The van der Waals surface area contributed by atoms with E-state index in [1.54, 1.807) is 23.2 Å². The number of hydrogen-bond acceptors (Lipinski definition) is 6. The van der Waals surface area contributed by atoms with E-state index in [1.807, 2.05) is 43.3 Å². The van der Waals surface area contributed by atoms with E-state index in [2.05, 4.69) is 15.3 Å². The maximum atomic E-state index is 12.6. The van der Waals surface area contributed by atoms with Gasteiger partial charge in [0.25, 0.3) is 5.91 Å². The smallest absolute Gasteiger partial charge is 0.253 e. The number of piperidine rings is 1. The molecule has 1 aliphatic rings. The van der Waals surface area contributed by atoms with Crippen LogP contribution in [0.3, 0.4) is 0 Å². The van der Waals surface area contributed by atoms with Crippen molar-refractivity contribution in [3.05, 3.63) is 65.9 Å². The van der Waals surface area contributed by atoms with Gasteiger partial charge in [-0.1, -0.05) is 12.1 Å². The summed E-state index contributed by atoms with van der Waals surface area (Å²) in [5.41, 5.74) is 10.9. The number of benzene rings is 2. The Hall–Kier alpha value is -3.45. The van der Waals surface area contributed by atoms with Crippen molar-refractivity contribution < 1.29 is 9.90 Å². The number of hydrogen-bond donors (Lipinski definition) is 3. The molecule has 4 rings (SSSR count). The molecule has 1 saturated heterocycles. The average Bonchev–Trinajstić information content (AvgIpc) is 2.76. The number of aromatic nitrogens is 2. The number of carbonyl (C=O) groups excluding carboxylic acids is 1. The standard InChI is InChI=1S/C23H25N5O2/c1-15-19(3-2-4-20(15)24)21-9-12-25-23(27-21)26-17-7-5-16(6-8-17)22(30)28-13-10-18(29)11-14-28/h2-9,12,18,29H,10-11,13-14,24H2,1H3,(H,25,26,27). The van der Waals surface area contributed by atoms with E-state index >= 15 is 0 Å². The van der Waals surface area contributed by atoms with E-state index in [0.717, 1.165) is 28.2 Å². The van der Waals surface area contributed by atoms with Crippen molar-refractivity contribution in [3.8, 4) is 11.3 Å². The highest BCUT2D eigenvalue weighted by atomic mass is 16.3. The number of nitrogens with two attached hydrogens (primary N) is 1. The van der Waals surface area contributed by atoms with Crippen LogP contribution in [0.1, 0.15) is 28.8 Å². The van der Waals surface area contributed by atoms with Gasteiger partial charge in [-0.25, -0.2) is 9.97 Å². The fourth-order valence-electron chi connectivity index (χ4n) is 3.58. The molecule has 0 aliphatic carbocycles. The largest absolute Gasteiger partial charge is 0.398 e. The van der Waals surface area contributed by atoms with E-state index in [4.69, 9.17) is 5.73 Å². The number of aliphatic hydroxyl groups is 1. The van der Waals surface area contributed by atoms with Crippen molar-refractivity contribution >= 4 is 23.2 Å². The molecule has 0 unspecified atom stereocenters. The normalized spacial score (nSPS) is 14.5. The molecule has 0 bridgehead atoms. The maximum Gasteiger partial charge on any atom is 0.253 e. The van der Waals surface area contributed by atoms with Crippen LogP contribution in [0.2, 0.25) is 0 Å². The fraction of sp³-hybridized carbons (Fsp3) is 0.261. The Morgan fingerprint density at radius 3 is 2.60 bits per heavy atom. The number of nitrogen functional groups attached to an aromatic ring is 1. The Morgan fingerprint density at radius 1 is 1.13 bits per heavy atom. The SMILES string of the molecule is Cc1c(N)cccc1-c1ccnc(Nc2ccc(C(=O)N3CCC(O)CC3)cc2)n1. The highest BCUT2D eigenvalue weighted by Crippen LogP contribution is 2.26. The minimum absolute atomic E-state index is 0.0103. The quantitative estimate of drug-likeness (QED) is 0.577. The van der Waals surface area contributed by atoms with Crippen LogP contribution >= 0.6 is 0 Å². The summed E-state index contributed by atoms with van der Waals surface area (Å²) in [5, 5.41) is 12.8. The first-order chi connectivity index (χ1) is 14.5. The summed E-state index contributed by atoms with van der Waals surface area (Å²) >= 11 is 0. The number of aliphatic hydroxyl groups excluding tert-OH is 1. The van der Waals surface area contributed by atoms with Crippen LogP contribution in [-0.2, 0) is 0 Å². The van der Waals surface area contributed by atoms with Crippen molar-refractivity contribution in [2.45, 2.75) is 25.9 Å². The number of carbonyl (C=O) groups is 1. The molecule has 0 atom stereocenters. The molecular weight excluding hydrogens is 378 g/mol. The summed E-state index contributed by atoms with van der Waals surface area (Å²) in [6, 6.07) is 14.9. The van der Waals surface area contributed by atoms with Crippen molar-refractivity contribution in [3.63, 3.8) is 0 Å². The first-order valence-electron chi connectivity index (χ1n) is 10.0. The van der Waals surface area contributed by atoms with Gasteiger partial charge in [0.05, 0.1) is 11.8 Å². The highest BCUT2D eigenvalue weighted by Gasteiger charge is 2.22. The third-order valence-electron chi connectivity index (χ3n) is 5.45. The lowest BCUT2D eigenvalue weighted by molar-refractivity contribution is 0.0546. The van der Waals surface area contributed by atoms with Gasteiger partial charge >= 0.3 is 0 Å². The Balaban J connectivity index is 1.47. The second kappa shape index (κ2) is 8.51. The van der Waals surface area contributed by atoms with Crippen LogP contribution in [0.5, 0.6) is 0 Å². The van der Waals surface area contributed by atoms with E-state index < -0.39 is 0 Å². The average molecular weight is 403 g/mol. The Labute approximate surface area is 175 Å². The van der Waals surface area contributed by atoms with Crippen LogP contribution < -0.4 is 11.1 Å². The zero-order chi connectivity index (χ0) is 21.1. The van der Waals surface area contributed by atoms with Gasteiger partial charge in [0.2, 0.25) is 5.95 Å². The molecule has 2 aromatic carbocycles. The molecule has 1 aliphatic heterocycles. The predicted octanol–water partition coefficient (Wildman–Crippen LogP) is 3.37. The van der Waals surface area contributed by atoms with E-state index in [-0.39, 0.29) is 12.0 Å². The molecular formula is C23H25N5O2. The molecule has 4 N–H and O–H groups in total. The maximum absolute atomic E-state index is 12.6. The molecule has 7 nitrogen and oxygen atoms in total. The van der Waals surface area contributed by atoms with Crippen LogP contribution in [0, 0.1) is 6.92 Å². The number of anilines is 3. The van der Waals surface area contributed by atoms with Gasteiger partial charge in [-0.15, -0.1) is 0 Å². The summed E-state index contributed by atoms with van der Waals surface area (Å²) in [6.07, 6.45) is 2.67. The van der Waals surface area contributed by atoms with Gasteiger partial charge < -0.3 is 21.1 Å². The minimum Gasteiger partial charge on any atom is -0.398 e. The lowest BCUT2D eigenvalue weighted by Crippen LogP contribution is -2.40. The zero-order valence-electron chi connectivity index (χ0n) is 16.9. The molecule has 2 heterocycles. The summed E-state index contributed by atoms with van der Waals surface area (Å²) < 4.78 is 0. The van der Waals surface area contributed by atoms with Crippen LogP contribution in [0.25, 0.3) is 11.3 Å². The first kappa shape index (κ1) is 19.8. The Bertz CT molecular complexity index is 1040. The van der Waals surface area contributed by atoms with Crippen molar-refractivity contribution in [2.24, 2.45) is 0 Å². The summed E-state index contributed by atoms with van der Waals surface area (Å²) in [4.78, 5) is 23.3. The van der Waals surface area contributed by atoms with E-state index in [9.17, 15) is 9.90 Å². The summed E-state index contributed by atoms with van der Waals surface area (Å²) in [7, 11) is 0. The lowest BCUT2D eigenvalue weighted by Gasteiger charge is -2.29. The Morgan fingerprint density at radius 2 is 1.87 bits per heavy atom. The molecule has 154 valence electrons. The van der Waals surface area contributed by atoms with Gasteiger partial charge in [-0.3, -0.25) is 4.79 Å². The first-order valence-corrected chi connectivity index (χ1v) is 10.0. The van der Waals surface area contributed by atoms with Gasteiger partial charge in [0, 0.05) is 41.8 Å². The van der Waals surface area contributed by atoms with Gasteiger partial charge in [-0.05, 0) is 61.7 Å². The van der Waals surface area contributed by atoms with Gasteiger partial charge in [0.15, 0.2) is 0 Å². The number of nitrogens with one attached hydrogen (secondary N) is 1. The van der Waals surface area contributed by atoms with Crippen LogP contribution in [-0.4, -0.2) is 45.1 Å². The molecule has 0 radical (unpaired) electrons. The van der Waals surface area contributed by atoms with E-state index in [0.29, 0.717) is 37.4 Å². The van der Waals surface area contributed by atoms with Crippen molar-refractivity contribution in [1.82, 2.24) is 14.9 Å². The summed E-state index contributed by atoms with van der Waals surface area (Å²) in [5.74, 6) is 0.460. The molecule has 0 spiro atoms. The number of nitrogens with zero attached hydrogens (tertiary/aromatic N) is 3.